The summed E-state index contributed by atoms with van der Waals surface area (Å²) in [5.41, 5.74) is 2.89. The minimum absolute atomic E-state index is 0.0161. The van der Waals surface area contributed by atoms with Gasteiger partial charge < -0.3 is 0 Å². The van der Waals surface area contributed by atoms with Crippen molar-refractivity contribution in [2.45, 2.75) is 161 Å². The number of imidazole rings is 1. The summed E-state index contributed by atoms with van der Waals surface area (Å²) in [6.45, 7) is 8.25. The summed E-state index contributed by atoms with van der Waals surface area (Å²) in [6.07, 6.45) is 33.0. The second-order valence-electron chi connectivity index (χ2n) is 13.2. The molecule has 1 heterocycles. The highest BCUT2D eigenvalue weighted by molar-refractivity contribution is 5.30. The SMILES string of the molecule is CCCCCCCCCCCCCCCC[n+]1ccn(C(CCCCC)C(C)(Cc2ccccc2)c2ccccc2)c1. The zero-order chi connectivity index (χ0) is 29.7. The van der Waals surface area contributed by atoms with Crippen LogP contribution in [0.5, 0.6) is 0 Å². The number of nitrogens with zero attached hydrogens (tertiary/aromatic N) is 2. The molecule has 0 aliphatic rings. The van der Waals surface area contributed by atoms with Gasteiger partial charge in [-0.2, -0.15) is 0 Å². The van der Waals surface area contributed by atoms with E-state index in [4.69, 9.17) is 0 Å². The van der Waals surface area contributed by atoms with E-state index in [0.29, 0.717) is 6.04 Å². The Balaban J connectivity index is 1.50. The lowest BCUT2D eigenvalue weighted by Crippen LogP contribution is -2.38. The van der Waals surface area contributed by atoms with Gasteiger partial charge in [0.1, 0.15) is 18.4 Å². The molecule has 0 bridgehead atoms. The molecular weight excluding hydrogens is 508 g/mol. The average molecular weight is 572 g/mol. The molecule has 0 aliphatic heterocycles. The molecule has 0 saturated carbocycles. The Morgan fingerprint density at radius 1 is 0.619 bits per heavy atom. The first kappa shape index (κ1) is 34.1. The highest BCUT2D eigenvalue weighted by atomic mass is 15.1. The van der Waals surface area contributed by atoms with E-state index in [9.17, 15) is 0 Å². The smallest absolute Gasteiger partial charge is 0.237 e. The first-order valence-electron chi connectivity index (χ1n) is 17.8. The largest absolute Gasteiger partial charge is 0.244 e. The molecule has 2 nitrogen and oxygen atoms in total. The molecule has 2 unspecified atom stereocenters. The summed E-state index contributed by atoms with van der Waals surface area (Å²) in [7, 11) is 0. The van der Waals surface area contributed by atoms with Crippen LogP contribution in [0.15, 0.2) is 79.4 Å². The van der Waals surface area contributed by atoms with Crippen molar-refractivity contribution in [3.63, 3.8) is 0 Å². The summed E-state index contributed by atoms with van der Waals surface area (Å²) < 4.78 is 5.00. The van der Waals surface area contributed by atoms with Gasteiger partial charge in [0.2, 0.25) is 6.33 Å². The maximum atomic E-state index is 2.55. The van der Waals surface area contributed by atoms with Gasteiger partial charge in [-0.15, -0.1) is 0 Å². The molecule has 42 heavy (non-hydrogen) atoms. The molecule has 3 aromatic rings. The van der Waals surface area contributed by atoms with Gasteiger partial charge >= 0.3 is 0 Å². The van der Waals surface area contributed by atoms with Crippen molar-refractivity contribution in [2.75, 3.05) is 0 Å². The Labute approximate surface area is 260 Å². The van der Waals surface area contributed by atoms with E-state index in [-0.39, 0.29) is 5.41 Å². The van der Waals surface area contributed by atoms with Crippen molar-refractivity contribution in [3.8, 4) is 0 Å². The van der Waals surface area contributed by atoms with E-state index in [0.717, 1.165) is 13.0 Å². The van der Waals surface area contributed by atoms with Gasteiger partial charge in [0, 0.05) is 5.41 Å². The molecule has 0 spiro atoms. The second kappa shape index (κ2) is 20.5. The van der Waals surface area contributed by atoms with Crippen LogP contribution >= 0.6 is 0 Å². The van der Waals surface area contributed by atoms with Crippen molar-refractivity contribution < 1.29 is 4.57 Å². The van der Waals surface area contributed by atoms with Crippen molar-refractivity contribution in [2.24, 2.45) is 0 Å². The lowest BCUT2D eigenvalue weighted by Gasteiger charge is -2.37. The molecule has 0 fully saturated rings. The quantitative estimate of drug-likeness (QED) is 0.0747. The van der Waals surface area contributed by atoms with E-state index in [2.05, 4.69) is 109 Å². The van der Waals surface area contributed by atoms with Crippen LogP contribution in [-0.4, -0.2) is 4.57 Å². The van der Waals surface area contributed by atoms with Crippen LogP contribution in [0.4, 0.5) is 0 Å². The fourth-order valence-corrected chi connectivity index (χ4v) is 6.85. The van der Waals surface area contributed by atoms with Gasteiger partial charge in [-0.25, -0.2) is 9.13 Å². The molecule has 1 aromatic heterocycles. The minimum Gasteiger partial charge on any atom is -0.237 e. The Hall–Kier alpha value is -2.35. The van der Waals surface area contributed by atoms with Gasteiger partial charge in [-0.1, -0.05) is 171 Å². The third kappa shape index (κ3) is 12.1. The van der Waals surface area contributed by atoms with Crippen LogP contribution in [0.2, 0.25) is 0 Å². The number of aryl methyl sites for hydroxylation is 1. The van der Waals surface area contributed by atoms with Gasteiger partial charge in [0.25, 0.3) is 0 Å². The molecule has 0 saturated heterocycles. The number of unbranched alkanes of at least 4 members (excludes halogenated alkanes) is 15. The molecule has 0 N–H and O–H groups in total. The average Bonchev–Trinajstić information content (AvgIpc) is 3.48. The van der Waals surface area contributed by atoms with Crippen LogP contribution in [0.3, 0.4) is 0 Å². The highest BCUT2D eigenvalue weighted by Crippen LogP contribution is 2.41. The molecule has 2 atom stereocenters. The van der Waals surface area contributed by atoms with Crippen LogP contribution in [0.1, 0.15) is 154 Å². The first-order valence-corrected chi connectivity index (χ1v) is 17.8. The van der Waals surface area contributed by atoms with Crippen LogP contribution < -0.4 is 4.57 Å². The van der Waals surface area contributed by atoms with E-state index in [1.807, 2.05) is 0 Å². The van der Waals surface area contributed by atoms with Crippen LogP contribution in [0.25, 0.3) is 0 Å². The summed E-state index contributed by atoms with van der Waals surface area (Å²) in [4.78, 5) is 0. The van der Waals surface area contributed by atoms with E-state index in [1.165, 1.54) is 127 Å². The standard InChI is InChI=1S/C40H63N2/c1-4-6-8-9-10-11-12-13-14-15-16-17-18-26-32-41-33-34-42(36-41)39(31-21-7-5-2)40(3,38-29-24-20-25-30-38)35-37-27-22-19-23-28-37/h19-20,22-25,27-30,33-34,36,39H,4-18,21,26,31-32,35H2,1-3H3/q+1. The summed E-state index contributed by atoms with van der Waals surface area (Å²) >= 11 is 0. The van der Waals surface area contributed by atoms with Crippen molar-refractivity contribution in [1.82, 2.24) is 4.57 Å². The Bertz CT molecular complexity index is 1040. The van der Waals surface area contributed by atoms with Crippen molar-refractivity contribution in [1.29, 1.82) is 0 Å². The molecule has 232 valence electrons. The number of aromatic nitrogens is 2. The lowest BCUT2D eigenvalue weighted by molar-refractivity contribution is -0.697. The summed E-state index contributed by atoms with van der Waals surface area (Å²) in [5.74, 6) is 0. The van der Waals surface area contributed by atoms with Gasteiger partial charge in [0.15, 0.2) is 0 Å². The fraction of sp³-hybridized carbons (Fsp3) is 0.625. The second-order valence-corrected chi connectivity index (χ2v) is 13.2. The number of rotatable bonds is 24. The molecule has 0 amide bonds. The zero-order valence-electron chi connectivity index (χ0n) is 27.6. The highest BCUT2D eigenvalue weighted by Gasteiger charge is 2.40. The zero-order valence-corrected chi connectivity index (χ0v) is 27.6. The Morgan fingerprint density at radius 2 is 1.12 bits per heavy atom. The van der Waals surface area contributed by atoms with E-state index >= 15 is 0 Å². The fourth-order valence-electron chi connectivity index (χ4n) is 6.85. The number of hydrogen-bond acceptors (Lipinski definition) is 0. The Morgan fingerprint density at radius 3 is 1.69 bits per heavy atom. The van der Waals surface area contributed by atoms with Crippen molar-refractivity contribution >= 4 is 0 Å². The van der Waals surface area contributed by atoms with E-state index in [1.54, 1.807) is 0 Å². The first-order chi connectivity index (χ1) is 20.7. The van der Waals surface area contributed by atoms with Crippen LogP contribution in [-0.2, 0) is 18.4 Å². The molecule has 0 aliphatic carbocycles. The normalized spacial score (nSPS) is 13.7. The van der Waals surface area contributed by atoms with E-state index < -0.39 is 0 Å². The van der Waals surface area contributed by atoms with Gasteiger partial charge in [-0.05, 0) is 43.2 Å². The molecule has 3 rings (SSSR count). The summed E-state index contributed by atoms with van der Waals surface area (Å²) in [6, 6.07) is 22.8. The monoisotopic (exact) mass is 571 g/mol. The third-order valence-corrected chi connectivity index (χ3v) is 9.51. The molecular formula is C40H63N2+. The lowest BCUT2D eigenvalue weighted by atomic mass is 9.70. The summed E-state index contributed by atoms with van der Waals surface area (Å²) in [5, 5.41) is 0. The number of benzene rings is 2. The predicted molar refractivity (Wildman–Crippen MR) is 182 cm³/mol. The molecule has 2 heteroatoms. The minimum atomic E-state index is 0.0161. The van der Waals surface area contributed by atoms with Crippen molar-refractivity contribution in [3.05, 3.63) is 90.5 Å². The molecule has 0 radical (unpaired) electrons. The Kier molecular flexibility index (Phi) is 16.7. The third-order valence-electron chi connectivity index (χ3n) is 9.51. The maximum Gasteiger partial charge on any atom is 0.244 e. The van der Waals surface area contributed by atoms with Gasteiger partial charge in [-0.3, -0.25) is 0 Å². The van der Waals surface area contributed by atoms with Crippen LogP contribution in [0, 0.1) is 0 Å². The number of hydrogen-bond donors (Lipinski definition) is 0. The predicted octanol–water partition coefficient (Wildman–Crippen LogP) is 11.6. The maximum absolute atomic E-state index is 2.55. The topological polar surface area (TPSA) is 8.81 Å². The van der Waals surface area contributed by atoms with Gasteiger partial charge in [0.05, 0.1) is 6.54 Å². The molecule has 2 aromatic carbocycles.